The Morgan fingerprint density at radius 1 is 0.926 bits per heavy atom. The first kappa shape index (κ1) is 18.9. The lowest BCUT2D eigenvalue weighted by Crippen LogP contribution is -2.13. The number of hydrogen-bond acceptors (Lipinski definition) is 4. The largest absolute Gasteiger partial charge is 0.323 e. The zero-order valence-electron chi connectivity index (χ0n) is 15.7. The third-order valence-electron chi connectivity index (χ3n) is 4.35. The molecule has 0 spiro atoms. The highest BCUT2D eigenvalue weighted by atomic mass is 35.5. The summed E-state index contributed by atoms with van der Waals surface area (Å²) < 4.78 is 0. The summed E-state index contributed by atoms with van der Waals surface area (Å²) in [6.07, 6.45) is 2.98. The molecule has 2 N–H and O–H groups in total. The van der Waals surface area contributed by atoms with E-state index in [4.69, 9.17) is 11.6 Å². The molecule has 1 amide bonds. The van der Waals surface area contributed by atoms with Gasteiger partial charge in [0.1, 0.15) is 0 Å². The average Bonchev–Trinajstić information content (AvgIpc) is 2.61. The summed E-state index contributed by atoms with van der Waals surface area (Å²) in [7, 11) is 0. The van der Waals surface area contributed by atoms with Crippen LogP contribution in [-0.4, -0.2) is 15.9 Å². The zero-order valence-corrected chi connectivity index (χ0v) is 16.5. The van der Waals surface area contributed by atoms with Crippen LogP contribution in [-0.2, 0) is 0 Å². The molecule has 0 aliphatic heterocycles. The summed E-state index contributed by atoms with van der Waals surface area (Å²) in [6, 6.07) is 9.69. The number of rotatable bonds is 4. The van der Waals surface area contributed by atoms with Crippen molar-refractivity contribution < 1.29 is 4.79 Å². The Kier molecular flexibility index (Phi) is 5.42. The van der Waals surface area contributed by atoms with E-state index in [0.29, 0.717) is 16.5 Å². The Hall–Kier alpha value is -2.92. The number of nitrogens with zero attached hydrogens (tertiary/aromatic N) is 2. The lowest BCUT2D eigenvalue weighted by Gasteiger charge is -2.12. The van der Waals surface area contributed by atoms with Crippen LogP contribution >= 0.6 is 11.6 Å². The van der Waals surface area contributed by atoms with E-state index >= 15 is 0 Å². The monoisotopic (exact) mass is 380 g/mol. The minimum atomic E-state index is -0.255. The Labute approximate surface area is 163 Å². The van der Waals surface area contributed by atoms with Gasteiger partial charge in [0.15, 0.2) is 0 Å². The average molecular weight is 381 g/mol. The maximum absolute atomic E-state index is 12.4. The molecule has 1 aromatic heterocycles. The normalized spacial score (nSPS) is 10.6. The van der Waals surface area contributed by atoms with Gasteiger partial charge in [0, 0.05) is 18.1 Å². The van der Waals surface area contributed by atoms with Crippen LogP contribution < -0.4 is 10.6 Å². The van der Waals surface area contributed by atoms with E-state index in [1.165, 1.54) is 18.0 Å². The summed E-state index contributed by atoms with van der Waals surface area (Å²) in [5.74, 6) is 0.126. The minimum absolute atomic E-state index is 0.255. The molecule has 0 saturated carbocycles. The molecule has 0 aliphatic carbocycles. The van der Waals surface area contributed by atoms with Crippen molar-refractivity contribution in [3.05, 3.63) is 75.6 Å². The molecular weight excluding hydrogens is 360 g/mol. The predicted molar refractivity (Wildman–Crippen MR) is 110 cm³/mol. The maximum atomic E-state index is 12.4. The molecule has 5 nitrogen and oxygen atoms in total. The second kappa shape index (κ2) is 7.76. The summed E-state index contributed by atoms with van der Waals surface area (Å²) in [6.45, 7) is 7.99. The molecule has 0 fully saturated rings. The van der Waals surface area contributed by atoms with Gasteiger partial charge in [-0.2, -0.15) is 0 Å². The molecule has 0 atom stereocenters. The third kappa shape index (κ3) is 4.44. The molecule has 138 valence electrons. The van der Waals surface area contributed by atoms with Crippen LogP contribution in [0, 0.1) is 27.7 Å². The van der Waals surface area contributed by atoms with Gasteiger partial charge in [-0.3, -0.25) is 4.79 Å². The Bertz CT molecular complexity index is 977. The Morgan fingerprint density at radius 3 is 2.26 bits per heavy atom. The molecule has 6 heteroatoms. The molecule has 0 aliphatic rings. The molecule has 1 heterocycles. The molecule has 0 saturated heterocycles. The van der Waals surface area contributed by atoms with E-state index < -0.39 is 0 Å². The molecular formula is C21H21ClN4O. The van der Waals surface area contributed by atoms with Crippen molar-refractivity contribution in [1.29, 1.82) is 0 Å². The van der Waals surface area contributed by atoms with Gasteiger partial charge >= 0.3 is 0 Å². The number of aryl methyl sites for hydroxylation is 4. The van der Waals surface area contributed by atoms with Crippen LogP contribution in [0.15, 0.2) is 42.7 Å². The molecule has 0 bridgehead atoms. The minimum Gasteiger partial charge on any atom is -0.323 e. The van der Waals surface area contributed by atoms with Gasteiger partial charge in [-0.25, -0.2) is 9.97 Å². The predicted octanol–water partition coefficient (Wildman–Crippen LogP) is 5.36. The molecule has 3 rings (SSSR count). The maximum Gasteiger partial charge on any atom is 0.258 e. The second-order valence-electron chi connectivity index (χ2n) is 6.61. The number of halogens is 1. The zero-order chi connectivity index (χ0) is 19.6. The first-order valence-electron chi connectivity index (χ1n) is 8.58. The first-order chi connectivity index (χ1) is 12.8. The van der Waals surface area contributed by atoms with E-state index in [1.54, 1.807) is 0 Å². The van der Waals surface area contributed by atoms with E-state index in [9.17, 15) is 4.79 Å². The van der Waals surface area contributed by atoms with Crippen molar-refractivity contribution >= 4 is 34.8 Å². The van der Waals surface area contributed by atoms with E-state index in [1.807, 2.05) is 58.0 Å². The van der Waals surface area contributed by atoms with Gasteiger partial charge in [0.2, 0.25) is 5.95 Å². The Morgan fingerprint density at radius 2 is 1.63 bits per heavy atom. The van der Waals surface area contributed by atoms with Crippen LogP contribution in [0.5, 0.6) is 0 Å². The SMILES string of the molecule is Cc1cc(C)c(Nc2ncc(C(=O)Nc3ccc(C)c(C)c3)cn2)c(Cl)c1. The van der Waals surface area contributed by atoms with Crippen molar-refractivity contribution in [2.24, 2.45) is 0 Å². The van der Waals surface area contributed by atoms with Gasteiger partial charge in [0.25, 0.3) is 5.91 Å². The van der Waals surface area contributed by atoms with Crippen LogP contribution in [0.25, 0.3) is 0 Å². The van der Waals surface area contributed by atoms with E-state index in [2.05, 4.69) is 20.6 Å². The molecule has 0 unspecified atom stereocenters. The number of benzene rings is 2. The number of hydrogen-bond donors (Lipinski definition) is 2. The van der Waals surface area contributed by atoms with Crippen LogP contribution in [0.2, 0.25) is 5.02 Å². The van der Waals surface area contributed by atoms with Crippen molar-refractivity contribution in [3.63, 3.8) is 0 Å². The highest BCUT2D eigenvalue weighted by Gasteiger charge is 2.10. The lowest BCUT2D eigenvalue weighted by atomic mass is 10.1. The van der Waals surface area contributed by atoms with Crippen LogP contribution in [0.4, 0.5) is 17.3 Å². The molecule has 27 heavy (non-hydrogen) atoms. The number of amides is 1. The van der Waals surface area contributed by atoms with Gasteiger partial charge in [-0.05, 0) is 68.1 Å². The van der Waals surface area contributed by atoms with Crippen molar-refractivity contribution in [3.8, 4) is 0 Å². The lowest BCUT2D eigenvalue weighted by molar-refractivity contribution is 0.102. The van der Waals surface area contributed by atoms with Gasteiger partial charge in [-0.15, -0.1) is 0 Å². The fourth-order valence-corrected chi connectivity index (χ4v) is 3.09. The summed E-state index contributed by atoms with van der Waals surface area (Å²) in [4.78, 5) is 20.9. The number of anilines is 3. The summed E-state index contributed by atoms with van der Waals surface area (Å²) in [5, 5.41) is 6.58. The Balaban J connectivity index is 1.73. The van der Waals surface area contributed by atoms with Gasteiger partial charge < -0.3 is 10.6 Å². The fourth-order valence-electron chi connectivity index (χ4n) is 2.72. The van der Waals surface area contributed by atoms with Crippen molar-refractivity contribution in [2.75, 3.05) is 10.6 Å². The fraction of sp³-hybridized carbons (Fsp3) is 0.190. The topological polar surface area (TPSA) is 66.9 Å². The number of carbonyl (C=O) groups is 1. The second-order valence-corrected chi connectivity index (χ2v) is 7.02. The van der Waals surface area contributed by atoms with Crippen molar-refractivity contribution in [2.45, 2.75) is 27.7 Å². The highest BCUT2D eigenvalue weighted by molar-refractivity contribution is 6.33. The smallest absolute Gasteiger partial charge is 0.258 e. The molecule has 3 aromatic rings. The number of carbonyl (C=O) groups excluding carboxylic acids is 1. The van der Waals surface area contributed by atoms with Crippen LogP contribution in [0.1, 0.15) is 32.6 Å². The summed E-state index contributed by atoms with van der Waals surface area (Å²) >= 11 is 6.30. The van der Waals surface area contributed by atoms with Crippen LogP contribution in [0.3, 0.4) is 0 Å². The van der Waals surface area contributed by atoms with Crippen molar-refractivity contribution in [1.82, 2.24) is 9.97 Å². The molecule has 0 radical (unpaired) electrons. The van der Waals surface area contributed by atoms with Gasteiger partial charge in [-0.1, -0.05) is 23.7 Å². The van der Waals surface area contributed by atoms with Gasteiger partial charge in [0.05, 0.1) is 16.3 Å². The quantitative estimate of drug-likeness (QED) is 0.639. The standard InChI is InChI=1S/C21H21ClN4O/c1-12-7-15(4)19(18(22)8-12)26-21-23-10-16(11-24-21)20(27)25-17-6-5-13(2)14(3)9-17/h5-11H,1-4H3,(H,25,27)(H,23,24,26). The summed E-state index contributed by atoms with van der Waals surface area (Å²) in [5.41, 5.74) is 6.26. The third-order valence-corrected chi connectivity index (χ3v) is 4.65. The molecule has 2 aromatic carbocycles. The number of nitrogens with one attached hydrogen (secondary N) is 2. The number of aromatic nitrogens is 2. The van der Waals surface area contributed by atoms with E-state index in [-0.39, 0.29) is 5.91 Å². The first-order valence-corrected chi connectivity index (χ1v) is 8.95. The highest BCUT2D eigenvalue weighted by Crippen LogP contribution is 2.29. The van der Waals surface area contributed by atoms with E-state index in [0.717, 1.165) is 28.1 Å².